The maximum Gasteiger partial charge on any atom is 0.261 e. The quantitative estimate of drug-likeness (QED) is 0.851. The van der Waals surface area contributed by atoms with Gasteiger partial charge >= 0.3 is 0 Å². The number of hydrogen-bond donors (Lipinski definition) is 2. The summed E-state index contributed by atoms with van der Waals surface area (Å²) in [6.07, 6.45) is 1.96. The maximum absolute atomic E-state index is 12.6. The van der Waals surface area contributed by atoms with Gasteiger partial charge in [-0.1, -0.05) is 26.0 Å². The third-order valence-corrected chi connectivity index (χ3v) is 6.01. The first kappa shape index (κ1) is 17.5. The van der Waals surface area contributed by atoms with Gasteiger partial charge in [0.05, 0.1) is 4.90 Å². The van der Waals surface area contributed by atoms with Crippen molar-refractivity contribution in [2.24, 2.45) is 0 Å². The highest BCUT2D eigenvalue weighted by atomic mass is 32.2. The van der Waals surface area contributed by atoms with E-state index in [1.807, 2.05) is 12.1 Å². The zero-order valence-electron chi connectivity index (χ0n) is 14.4. The predicted octanol–water partition coefficient (Wildman–Crippen LogP) is 3.89. The topological polar surface area (TPSA) is 75.3 Å². The molecule has 0 aliphatic carbocycles. The van der Waals surface area contributed by atoms with Crippen molar-refractivity contribution in [1.29, 1.82) is 0 Å². The number of carbonyl (C=O) groups excluding carboxylic acids is 1. The molecule has 1 heterocycles. The van der Waals surface area contributed by atoms with Crippen LogP contribution in [-0.4, -0.2) is 14.3 Å². The van der Waals surface area contributed by atoms with Crippen molar-refractivity contribution in [3.8, 4) is 0 Å². The van der Waals surface area contributed by atoms with E-state index < -0.39 is 10.0 Å². The number of amides is 1. The molecule has 2 aromatic rings. The molecule has 1 atom stereocenters. The molecule has 1 amide bonds. The highest BCUT2D eigenvalue weighted by Crippen LogP contribution is 2.27. The van der Waals surface area contributed by atoms with Gasteiger partial charge in [-0.2, -0.15) is 0 Å². The minimum atomic E-state index is -3.66. The summed E-state index contributed by atoms with van der Waals surface area (Å²) in [5.41, 5.74) is 3.26. The molecule has 0 spiro atoms. The Kier molecular flexibility index (Phi) is 4.81. The third kappa shape index (κ3) is 3.85. The Morgan fingerprint density at radius 3 is 2.52 bits per heavy atom. The van der Waals surface area contributed by atoms with E-state index in [1.54, 1.807) is 24.3 Å². The molecule has 0 radical (unpaired) electrons. The normalized spacial score (nSPS) is 15.2. The number of aryl methyl sites for hydroxylation is 1. The summed E-state index contributed by atoms with van der Waals surface area (Å²) < 4.78 is 27.9. The average molecular weight is 358 g/mol. The molecule has 0 saturated heterocycles. The van der Waals surface area contributed by atoms with Crippen molar-refractivity contribution in [3.05, 3.63) is 53.6 Å². The molecule has 3 rings (SSSR count). The van der Waals surface area contributed by atoms with Gasteiger partial charge in [-0.15, -0.1) is 0 Å². The lowest BCUT2D eigenvalue weighted by Gasteiger charge is -2.18. The van der Waals surface area contributed by atoms with Crippen LogP contribution < -0.4 is 10.0 Å². The van der Waals surface area contributed by atoms with Gasteiger partial charge in [0.15, 0.2) is 0 Å². The van der Waals surface area contributed by atoms with Crippen LogP contribution in [0, 0.1) is 0 Å². The van der Waals surface area contributed by atoms with E-state index in [1.165, 1.54) is 11.6 Å². The van der Waals surface area contributed by atoms with Crippen LogP contribution in [0.15, 0.2) is 47.4 Å². The van der Waals surface area contributed by atoms with Gasteiger partial charge in [-0.3, -0.25) is 9.52 Å². The van der Waals surface area contributed by atoms with Crippen LogP contribution in [0.1, 0.15) is 43.7 Å². The molecule has 2 aromatic carbocycles. The fourth-order valence-corrected chi connectivity index (χ4v) is 3.97. The molecule has 0 bridgehead atoms. The standard InChI is InChI=1S/C19H22N2O3S/c1-3-13(2)14-4-7-16(8-5-14)21-25(23,24)17-9-10-18-15(12-17)6-11-19(22)20-18/h4-5,7-10,12-13,21H,3,6,11H2,1-2H3,(H,20,22)/t13-/m0/s1. The number of sulfonamides is 1. The summed E-state index contributed by atoms with van der Waals surface area (Å²) in [5, 5.41) is 2.76. The minimum absolute atomic E-state index is 0.0392. The predicted molar refractivity (Wildman–Crippen MR) is 99.3 cm³/mol. The zero-order chi connectivity index (χ0) is 18.0. The van der Waals surface area contributed by atoms with Crippen LogP contribution in [0.4, 0.5) is 11.4 Å². The molecular weight excluding hydrogens is 336 g/mol. The van der Waals surface area contributed by atoms with E-state index in [2.05, 4.69) is 23.9 Å². The summed E-state index contributed by atoms with van der Waals surface area (Å²) in [5.74, 6) is 0.407. The Hall–Kier alpha value is -2.34. The highest BCUT2D eigenvalue weighted by molar-refractivity contribution is 7.92. The van der Waals surface area contributed by atoms with Crippen molar-refractivity contribution < 1.29 is 13.2 Å². The molecule has 132 valence electrons. The highest BCUT2D eigenvalue weighted by Gasteiger charge is 2.20. The van der Waals surface area contributed by atoms with E-state index in [9.17, 15) is 13.2 Å². The molecule has 0 aromatic heterocycles. The maximum atomic E-state index is 12.6. The molecule has 1 aliphatic heterocycles. The van der Waals surface area contributed by atoms with Crippen LogP contribution in [0.25, 0.3) is 0 Å². The Balaban J connectivity index is 1.81. The minimum Gasteiger partial charge on any atom is -0.326 e. The van der Waals surface area contributed by atoms with E-state index in [0.717, 1.165) is 12.0 Å². The molecule has 25 heavy (non-hydrogen) atoms. The first-order valence-electron chi connectivity index (χ1n) is 8.44. The van der Waals surface area contributed by atoms with Gasteiger partial charge in [0.2, 0.25) is 5.91 Å². The van der Waals surface area contributed by atoms with E-state index >= 15 is 0 Å². The summed E-state index contributed by atoms with van der Waals surface area (Å²) >= 11 is 0. The van der Waals surface area contributed by atoms with Crippen molar-refractivity contribution in [1.82, 2.24) is 0 Å². The smallest absolute Gasteiger partial charge is 0.261 e. The number of nitrogens with one attached hydrogen (secondary N) is 2. The van der Waals surface area contributed by atoms with Gasteiger partial charge < -0.3 is 5.32 Å². The fourth-order valence-electron chi connectivity index (χ4n) is 2.86. The largest absolute Gasteiger partial charge is 0.326 e. The van der Waals surface area contributed by atoms with E-state index in [4.69, 9.17) is 0 Å². The lowest BCUT2D eigenvalue weighted by molar-refractivity contribution is -0.116. The van der Waals surface area contributed by atoms with Crippen molar-refractivity contribution >= 4 is 27.3 Å². The first-order chi connectivity index (χ1) is 11.9. The summed E-state index contributed by atoms with van der Waals surface area (Å²) in [7, 11) is -3.66. The number of anilines is 2. The molecule has 0 unspecified atom stereocenters. The molecule has 0 saturated carbocycles. The molecular formula is C19H22N2O3S. The summed E-state index contributed by atoms with van der Waals surface area (Å²) in [4.78, 5) is 11.6. The number of benzene rings is 2. The van der Waals surface area contributed by atoms with E-state index in [-0.39, 0.29) is 10.8 Å². The monoisotopic (exact) mass is 358 g/mol. The van der Waals surface area contributed by atoms with Crippen LogP contribution in [0.5, 0.6) is 0 Å². The lowest BCUT2D eigenvalue weighted by Crippen LogP contribution is -2.20. The summed E-state index contributed by atoms with van der Waals surface area (Å²) in [6, 6.07) is 12.3. The molecule has 6 heteroatoms. The van der Waals surface area contributed by atoms with Crippen molar-refractivity contribution in [3.63, 3.8) is 0 Å². The van der Waals surface area contributed by atoms with Gasteiger partial charge in [-0.05, 0) is 60.2 Å². The molecule has 5 nitrogen and oxygen atoms in total. The van der Waals surface area contributed by atoms with Gasteiger partial charge in [0.25, 0.3) is 10.0 Å². The first-order valence-corrected chi connectivity index (χ1v) is 9.93. The van der Waals surface area contributed by atoms with Crippen LogP contribution >= 0.6 is 0 Å². The van der Waals surface area contributed by atoms with Crippen molar-refractivity contribution in [2.45, 2.75) is 43.9 Å². The zero-order valence-corrected chi connectivity index (χ0v) is 15.2. The Morgan fingerprint density at radius 1 is 1.12 bits per heavy atom. The Morgan fingerprint density at radius 2 is 1.84 bits per heavy atom. The Bertz CT molecular complexity index is 889. The molecule has 2 N–H and O–H groups in total. The SMILES string of the molecule is CC[C@H](C)c1ccc(NS(=O)(=O)c2ccc3c(c2)CCC(=O)N3)cc1. The van der Waals surface area contributed by atoms with Gasteiger partial charge in [0, 0.05) is 17.8 Å². The third-order valence-electron chi connectivity index (χ3n) is 4.63. The number of carbonyl (C=O) groups is 1. The second kappa shape index (κ2) is 6.88. The van der Waals surface area contributed by atoms with Crippen LogP contribution in [0.2, 0.25) is 0 Å². The van der Waals surface area contributed by atoms with Gasteiger partial charge in [0.1, 0.15) is 0 Å². The van der Waals surface area contributed by atoms with Crippen molar-refractivity contribution in [2.75, 3.05) is 10.0 Å². The number of hydrogen-bond acceptors (Lipinski definition) is 3. The Labute approximate surface area is 148 Å². The van der Waals surface area contributed by atoms with Crippen LogP contribution in [0.3, 0.4) is 0 Å². The van der Waals surface area contributed by atoms with Gasteiger partial charge in [-0.25, -0.2) is 8.42 Å². The molecule has 0 fully saturated rings. The number of fused-ring (bicyclic) bond motifs is 1. The second-order valence-electron chi connectivity index (χ2n) is 6.40. The average Bonchev–Trinajstić information content (AvgIpc) is 2.60. The van der Waals surface area contributed by atoms with E-state index in [0.29, 0.717) is 30.1 Å². The fraction of sp³-hybridized carbons (Fsp3) is 0.316. The summed E-state index contributed by atoms with van der Waals surface area (Å²) in [6.45, 7) is 4.27. The number of rotatable bonds is 5. The van der Waals surface area contributed by atoms with Crippen LogP contribution in [-0.2, 0) is 21.2 Å². The lowest BCUT2D eigenvalue weighted by atomic mass is 9.99. The second-order valence-corrected chi connectivity index (χ2v) is 8.09. The molecule has 1 aliphatic rings.